The normalized spacial score (nSPS) is 20.4. The van der Waals surface area contributed by atoms with Gasteiger partial charge < -0.3 is 20.9 Å². The van der Waals surface area contributed by atoms with Gasteiger partial charge in [-0.3, -0.25) is 4.79 Å². The van der Waals surface area contributed by atoms with E-state index in [2.05, 4.69) is 5.32 Å². The van der Waals surface area contributed by atoms with Crippen molar-refractivity contribution in [2.24, 2.45) is 11.7 Å². The summed E-state index contributed by atoms with van der Waals surface area (Å²) in [4.78, 5) is 11.2. The summed E-state index contributed by atoms with van der Waals surface area (Å²) in [6, 6.07) is -0.399. The predicted molar refractivity (Wildman–Crippen MR) is 74.7 cm³/mol. The van der Waals surface area contributed by atoms with Gasteiger partial charge in [-0.05, 0) is 18.8 Å². The molecule has 0 aromatic rings. The van der Waals surface area contributed by atoms with Gasteiger partial charge in [0.25, 0.3) is 0 Å². The topological polar surface area (TPSA) is 84.6 Å². The summed E-state index contributed by atoms with van der Waals surface area (Å²) >= 11 is 0. The van der Waals surface area contributed by atoms with Gasteiger partial charge in [0.05, 0.1) is 24.9 Å². The van der Waals surface area contributed by atoms with Crippen LogP contribution in [-0.2, 0) is 9.53 Å². The van der Waals surface area contributed by atoms with E-state index >= 15 is 0 Å². The summed E-state index contributed by atoms with van der Waals surface area (Å²) in [5.41, 5.74) is 5.30. The van der Waals surface area contributed by atoms with Crippen molar-refractivity contribution >= 4 is 5.91 Å². The van der Waals surface area contributed by atoms with Gasteiger partial charge in [-0.1, -0.05) is 33.1 Å². The molecule has 1 aliphatic rings. The Labute approximate surface area is 115 Å². The van der Waals surface area contributed by atoms with E-state index in [4.69, 9.17) is 10.5 Å². The first kappa shape index (κ1) is 16.4. The standard InChI is InChI=1S/C14H28N2O3/c1-10(2)13(14(15)18)16-8-11(17)9-19-12-6-4-3-5-7-12/h10-13,16-17H,3-9H2,1-2H3,(H2,15,18). The number of aliphatic hydroxyl groups is 1. The van der Waals surface area contributed by atoms with E-state index in [1.54, 1.807) is 0 Å². The van der Waals surface area contributed by atoms with Crippen LogP contribution in [0.1, 0.15) is 46.0 Å². The second-order valence-electron chi connectivity index (χ2n) is 5.78. The number of hydrogen-bond acceptors (Lipinski definition) is 4. The van der Waals surface area contributed by atoms with Crippen LogP contribution in [0.4, 0.5) is 0 Å². The Bertz CT molecular complexity index is 265. The van der Waals surface area contributed by atoms with Crippen molar-refractivity contribution in [3.05, 3.63) is 0 Å². The fraction of sp³-hybridized carbons (Fsp3) is 0.929. The van der Waals surface area contributed by atoms with E-state index in [9.17, 15) is 9.90 Å². The maximum atomic E-state index is 11.2. The molecule has 0 bridgehead atoms. The number of primary amides is 1. The Balaban J connectivity index is 2.19. The monoisotopic (exact) mass is 272 g/mol. The fourth-order valence-electron chi connectivity index (χ4n) is 2.47. The number of rotatable bonds is 8. The molecule has 0 aromatic heterocycles. The van der Waals surface area contributed by atoms with E-state index in [-0.39, 0.29) is 11.8 Å². The number of amides is 1. The van der Waals surface area contributed by atoms with Gasteiger partial charge in [-0.25, -0.2) is 0 Å². The molecule has 0 aromatic carbocycles. The number of aliphatic hydroxyl groups excluding tert-OH is 1. The molecule has 0 radical (unpaired) electrons. The highest BCUT2D eigenvalue weighted by molar-refractivity contribution is 5.80. The lowest BCUT2D eigenvalue weighted by Crippen LogP contribution is -2.48. The molecule has 0 saturated heterocycles. The van der Waals surface area contributed by atoms with E-state index < -0.39 is 12.1 Å². The van der Waals surface area contributed by atoms with E-state index in [1.165, 1.54) is 19.3 Å². The first-order valence-electron chi connectivity index (χ1n) is 7.33. The van der Waals surface area contributed by atoms with Crippen LogP contribution in [-0.4, -0.2) is 42.4 Å². The highest BCUT2D eigenvalue weighted by Gasteiger charge is 2.20. The van der Waals surface area contributed by atoms with Crippen molar-refractivity contribution in [3.8, 4) is 0 Å². The van der Waals surface area contributed by atoms with Crippen molar-refractivity contribution in [2.45, 2.75) is 64.2 Å². The van der Waals surface area contributed by atoms with Crippen LogP contribution in [0.2, 0.25) is 0 Å². The summed E-state index contributed by atoms with van der Waals surface area (Å²) in [7, 11) is 0. The summed E-state index contributed by atoms with van der Waals surface area (Å²) in [5.74, 6) is -0.264. The van der Waals surface area contributed by atoms with Crippen molar-refractivity contribution in [1.29, 1.82) is 0 Å². The number of nitrogens with one attached hydrogen (secondary N) is 1. The minimum Gasteiger partial charge on any atom is -0.389 e. The fourth-order valence-corrected chi connectivity index (χ4v) is 2.47. The van der Waals surface area contributed by atoms with Gasteiger partial charge in [0.1, 0.15) is 0 Å². The van der Waals surface area contributed by atoms with Crippen LogP contribution >= 0.6 is 0 Å². The van der Waals surface area contributed by atoms with Crippen LogP contribution in [0.15, 0.2) is 0 Å². The van der Waals surface area contributed by atoms with Crippen molar-refractivity contribution in [3.63, 3.8) is 0 Å². The molecule has 1 saturated carbocycles. The molecule has 19 heavy (non-hydrogen) atoms. The Morgan fingerprint density at radius 2 is 2.00 bits per heavy atom. The Morgan fingerprint density at radius 3 is 2.53 bits per heavy atom. The van der Waals surface area contributed by atoms with E-state index in [0.717, 1.165) is 12.8 Å². The highest BCUT2D eigenvalue weighted by atomic mass is 16.5. The highest BCUT2D eigenvalue weighted by Crippen LogP contribution is 2.20. The van der Waals surface area contributed by atoms with Crippen LogP contribution in [0.25, 0.3) is 0 Å². The molecule has 1 amide bonds. The van der Waals surface area contributed by atoms with Gasteiger partial charge in [-0.2, -0.15) is 0 Å². The lowest BCUT2D eigenvalue weighted by Gasteiger charge is -2.25. The van der Waals surface area contributed by atoms with Crippen molar-refractivity contribution < 1.29 is 14.6 Å². The van der Waals surface area contributed by atoms with E-state index in [1.807, 2.05) is 13.8 Å². The first-order valence-corrected chi connectivity index (χ1v) is 7.33. The van der Waals surface area contributed by atoms with Crippen molar-refractivity contribution in [1.82, 2.24) is 5.32 Å². The summed E-state index contributed by atoms with van der Waals surface area (Å²) < 4.78 is 5.69. The van der Waals surface area contributed by atoms with Gasteiger partial charge in [-0.15, -0.1) is 0 Å². The molecule has 1 rings (SSSR count). The van der Waals surface area contributed by atoms with E-state index in [0.29, 0.717) is 19.3 Å². The summed E-state index contributed by atoms with van der Waals surface area (Å²) in [5, 5.41) is 12.9. The average molecular weight is 272 g/mol. The Kier molecular flexibility index (Phi) is 7.34. The van der Waals surface area contributed by atoms with Gasteiger partial charge in [0, 0.05) is 6.54 Å². The average Bonchev–Trinajstić information content (AvgIpc) is 2.37. The number of ether oxygens (including phenoxy) is 1. The van der Waals surface area contributed by atoms with Gasteiger partial charge in [0.15, 0.2) is 0 Å². The molecular formula is C14H28N2O3. The summed E-state index contributed by atoms with van der Waals surface area (Å²) in [6.45, 7) is 4.50. The minimum absolute atomic E-state index is 0.115. The van der Waals surface area contributed by atoms with Gasteiger partial charge >= 0.3 is 0 Å². The zero-order chi connectivity index (χ0) is 14.3. The summed E-state index contributed by atoms with van der Waals surface area (Å²) in [6.07, 6.45) is 5.61. The Morgan fingerprint density at radius 1 is 1.37 bits per heavy atom. The Hall–Kier alpha value is -0.650. The van der Waals surface area contributed by atoms with Crippen LogP contribution in [0.5, 0.6) is 0 Å². The van der Waals surface area contributed by atoms with Crippen molar-refractivity contribution in [2.75, 3.05) is 13.2 Å². The van der Waals surface area contributed by atoms with Crippen LogP contribution < -0.4 is 11.1 Å². The lowest BCUT2D eigenvalue weighted by molar-refractivity contribution is -0.121. The smallest absolute Gasteiger partial charge is 0.234 e. The number of carbonyl (C=O) groups is 1. The third kappa shape index (κ3) is 6.36. The molecule has 112 valence electrons. The predicted octanol–water partition coefficient (Wildman–Crippen LogP) is 0.796. The molecule has 1 fully saturated rings. The van der Waals surface area contributed by atoms with Crippen LogP contribution in [0.3, 0.4) is 0 Å². The van der Waals surface area contributed by atoms with Crippen LogP contribution in [0, 0.1) is 5.92 Å². The largest absolute Gasteiger partial charge is 0.389 e. The third-order valence-corrected chi connectivity index (χ3v) is 3.62. The quantitative estimate of drug-likeness (QED) is 0.610. The molecule has 5 heteroatoms. The molecule has 2 unspecified atom stereocenters. The second kappa shape index (κ2) is 8.51. The molecule has 5 nitrogen and oxygen atoms in total. The maximum absolute atomic E-state index is 11.2. The number of nitrogens with two attached hydrogens (primary N) is 1. The molecule has 1 aliphatic carbocycles. The zero-order valence-electron chi connectivity index (χ0n) is 12.1. The maximum Gasteiger partial charge on any atom is 0.234 e. The lowest BCUT2D eigenvalue weighted by atomic mass is 9.98. The number of carbonyl (C=O) groups excluding carboxylic acids is 1. The molecule has 0 heterocycles. The molecule has 2 atom stereocenters. The third-order valence-electron chi connectivity index (χ3n) is 3.62. The number of hydrogen-bond donors (Lipinski definition) is 3. The molecule has 4 N–H and O–H groups in total. The minimum atomic E-state index is -0.595. The SMILES string of the molecule is CC(C)C(NCC(O)COC1CCCCC1)C(N)=O. The molecule has 0 aliphatic heterocycles. The molecule has 0 spiro atoms. The van der Waals surface area contributed by atoms with Gasteiger partial charge in [0.2, 0.25) is 5.91 Å². The second-order valence-corrected chi connectivity index (χ2v) is 5.78. The zero-order valence-corrected chi connectivity index (χ0v) is 12.1. The first-order chi connectivity index (χ1) is 9.00. The molecular weight excluding hydrogens is 244 g/mol.